The van der Waals surface area contributed by atoms with Crippen molar-refractivity contribution in [2.75, 3.05) is 30.3 Å². The number of rotatable bonds is 3. The van der Waals surface area contributed by atoms with E-state index in [1.54, 1.807) is 18.0 Å². The number of nitrogens with one attached hydrogen (secondary N) is 3. The van der Waals surface area contributed by atoms with Gasteiger partial charge in [0.2, 0.25) is 0 Å². The van der Waals surface area contributed by atoms with E-state index < -0.39 is 0 Å². The zero-order valence-electron chi connectivity index (χ0n) is 13.8. The molecule has 4 heterocycles. The average Bonchev–Trinajstić information content (AvgIpc) is 3.11. The molecule has 1 fully saturated rings. The third-order valence-electron chi connectivity index (χ3n) is 4.47. The quantitative estimate of drug-likeness (QED) is 0.762. The van der Waals surface area contributed by atoms with E-state index in [2.05, 4.69) is 25.5 Å². The summed E-state index contributed by atoms with van der Waals surface area (Å²) in [5.74, 6) is 0.939. The van der Waals surface area contributed by atoms with Crippen molar-refractivity contribution in [3.63, 3.8) is 0 Å². The summed E-state index contributed by atoms with van der Waals surface area (Å²) < 4.78 is 0. The molecule has 2 aliphatic heterocycles. The number of anilines is 1. The second-order valence-electron chi connectivity index (χ2n) is 6.12. The van der Waals surface area contributed by atoms with Gasteiger partial charge in [-0.2, -0.15) is 0 Å². The summed E-state index contributed by atoms with van der Waals surface area (Å²) in [5, 5.41) is 7.57. The zero-order chi connectivity index (χ0) is 16.4. The van der Waals surface area contributed by atoms with Gasteiger partial charge in [-0.25, -0.2) is 4.98 Å². The summed E-state index contributed by atoms with van der Waals surface area (Å²) in [6, 6.07) is 4.27. The van der Waals surface area contributed by atoms with Crippen molar-refractivity contribution in [1.29, 1.82) is 0 Å². The number of thioether (sulfide) groups is 1. The Morgan fingerprint density at radius 2 is 2.32 bits per heavy atom. The maximum absolute atomic E-state index is 12.6. The largest absolute Gasteiger partial charge is 0.348 e. The Balaban J connectivity index is 0.00000182. The normalized spacial score (nSPS) is 20.7. The van der Waals surface area contributed by atoms with Crippen LogP contribution < -0.4 is 15.5 Å². The van der Waals surface area contributed by atoms with E-state index in [0.717, 1.165) is 59.9 Å². The van der Waals surface area contributed by atoms with E-state index in [0.29, 0.717) is 0 Å². The third kappa shape index (κ3) is 3.94. The van der Waals surface area contributed by atoms with Crippen LogP contribution in [0.4, 0.5) is 5.69 Å². The molecule has 0 saturated carbocycles. The smallest absolute Gasteiger partial charge is 0.259 e. The molecule has 0 aromatic carbocycles. The Kier molecular flexibility index (Phi) is 5.88. The molecule has 0 bridgehead atoms. The van der Waals surface area contributed by atoms with E-state index in [9.17, 15) is 4.79 Å². The minimum atomic E-state index is 0. The van der Waals surface area contributed by atoms with Gasteiger partial charge >= 0.3 is 0 Å². The maximum Gasteiger partial charge on any atom is 0.259 e. The van der Waals surface area contributed by atoms with Gasteiger partial charge in [0.1, 0.15) is 5.65 Å². The van der Waals surface area contributed by atoms with Crippen molar-refractivity contribution in [1.82, 2.24) is 20.6 Å². The molecule has 2 aromatic heterocycles. The van der Waals surface area contributed by atoms with E-state index in [-0.39, 0.29) is 24.4 Å². The van der Waals surface area contributed by atoms with Crippen LogP contribution in [-0.2, 0) is 4.79 Å². The molecule has 1 amide bonds. The van der Waals surface area contributed by atoms with E-state index in [4.69, 9.17) is 0 Å². The maximum atomic E-state index is 12.6. The second-order valence-corrected chi connectivity index (χ2v) is 7.26. The lowest BCUT2D eigenvalue weighted by atomic mass is 10.1. The number of hydrogen-bond donors (Lipinski definition) is 3. The number of carbonyl (C=O) groups excluding carboxylic acids is 1. The van der Waals surface area contributed by atoms with Crippen LogP contribution >= 0.6 is 24.2 Å². The Morgan fingerprint density at radius 1 is 1.40 bits per heavy atom. The Morgan fingerprint density at radius 3 is 3.16 bits per heavy atom. The van der Waals surface area contributed by atoms with Crippen molar-refractivity contribution in [2.24, 2.45) is 0 Å². The summed E-state index contributed by atoms with van der Waals surface area (Å²) in [4.78, 5) is 23.0. The van der Waals surface area contributed by atoms with Gasteiger partial charge in [-0.05, 0) is 31.5 Å². The lowest BCUT2D eigenvalue weighted by molar-refractivity contribution is -0.117. The molecule has 0 spiro atoms. The first-order valence-electron chi connectivity index (χ1n) is 8.36. The molecule has 1 saturated heterocycles. The second kappa shape index (κ2) is 8.12. The average molecular weight is 380 g/mol. The molecule has 6 nitrogen and oxygen atoms in total. The Labute approximate surface area is 157 Å². The van der Waals surface area contributed by atoms with Crippen molar-refractivity contribution < 1.29 is 4.79 Å². The van der Waals surface area contributed by atoms with E-state index in [1.807, 2.05) is 24.5 Å². The standard InChI is InChI=1S/C17H21N5OS.ClH/c23-17(21-12-2-1-5-18-10-12)15-11-22(8-9-24-15)14-4-7-20-16-13(14)3-6-19-16;/h3-4,6-7,11-12,18H,1-2,5,8-10H2,(H,19,20)(H,21,23);1H/t12-;/m0./s1. The van der Waals surface area contributed by atoms with Crippen LogP contribution in [0.1, 0.15) is 12.8 Å². The highest BCUT2D eigenvalue weighted by Gasteiger charge is 2.22. The highest BCUT2D eigenvalue weighted by Crippen LogP contribution is 2.30. The predicted molar refractivity (Wildman–Crippen MR) is 105 cm³/mol. The van der Waals surface area contributed by atoms with Crippen LogP contribution in [0, 0.1) is 0 Å². The van der Waals surface area contributed by atoms with Gasteiger partial charge < -0.3 is 20.5 Å². The minimum absolute atomic E-state index is 0. The molecule has 8 heteroatoms. The lowest BCUT2D eigenvalue weighted by Crippen LogP contribution is -2.46. The van der Waals surface area contributed by atoms with Gasteiger partial charge in [-0.1, -0.05) is 0 Å². The Bertz CT molecular complexity index is 771. The monoisotopic (exact) mass is 379 g/mol. The SMILES string of the molecule is Cl.O=C(N[C@H]1CCCNC1)C1=CN(c2ccnc3[nH]ccc23)CCS1. The van der Waals surface area contributed by atoms with Gasteiger partial charge in [-0.3, -0.25) is 4.79 Å². The summed E-state index contributed by atoms with van der Waals surface area (Å²) in [5.41, 5.74) is 1.96. The summed E-state index contributed by atoms with van der Waals surface area (Å²) >= 11 is 1.63. The van der Waals surface area contributed by atoms with Gasteiger partial charge in [-0.15, -0.1) is 24.2 Å². The molecule has 0 unspecified atom stereocenters. The first-order valence-corrected chi connectivity index (χ1v) is 9.35. The fraction of sp³-hybridized carbons (Fsp3) is 0.412. The number of pyridine rings is 1. The summed E-state index contributed by atoms with van der Waals surface area (Å²) in [7, 11) is 0. The highest BCUT2D eigenvalue weighted by atomic mass is 35.5. The van der Waals surface area contributed by atoms with Crippen LogP contribution in [-0.4, -0.2) is 47.3 Å². The number of amides is 1. The van der Waals surface area contributed by atoms with Crippen molar-refractivity contribution in [2.45, 2.75) is 18.9 Å². The van der Waals surface area contributed by atoms with E-state index >= 15 is 0 Å². The number of aromatic nitrogens is 2. The molecule has 2 aliphatic rings. The van der Waals surface area contributed by atoms with Crippen molar-refractivity contribution >= 4 is 46.8 Å². The van der Waals surface area contributed by atoms with Crippen LogP contribution in [0.3, 0.4) is 0 Å². The molecular formula is C17H22ClN5OS. The summed E-state index contributed by atoms with van der Waals surface area (Å²) in [6.07, 6.45) is 7.84. The predicted octanol–water partition coefficient (Wildman–Crippen LogP) is 2.25. The number of carbonyl (C=O) groups is 1. The molecule has 0 aliphatic carbocycles. The lowest BCUT2D eigenvalue weighted by Gasteiger charge is -2.28. The minimum Gasteiger partial charge on any atom is -0.348 e. The number of H-pyrrole nitrogens is 1. The highest BCUT2D eigenvalue weighted by molar-refractivity contribution is 8.04. The van der Waals surface area contributed by atoms with Crippen LogP contribution in [0.5, 0.6) is 0 Å². The van der Waals surface area contributed by atoms with Gasteiger partial charge in [0, 0.05) is 48.9 Å². The van der Waals surface area contributed by atoms with E-state index in [1.165, 1.54) is 0 Å². The molecule has 2 aromatic rings. The molecular weight excluding hydrogens is 358 g/mol. The molecule has 0 radical (unpaired) electrons. The zero-order valence-corrected chi connectivity index (χ0v) is 15.5. The Hall–Kier alpha value is -1.70. The van der Waals surface area contributed by atoms with Gasteiger partial charge in [0.15, 0.2) is 0 Å². The molecule has 4 rings (SSSR count). The number of fused-ring (bicyclic) bond motifs is 1. The first-order chi connectivity index (χ1) is 11.8. The topological polar surface area (TPSA) is 73.1 Å². The van der Waals surface area contributed by atoms with Crippen LogP contribution in [0.2, 0.25) is 0 Å². The number of aromatic amines is 1. The van der Waals surface area contributed by atoms with Crippen molar-refractivity contribution in [3.05, 3.63) is 35.6 Å². The molecule has 25 heavy (non-hydrogen) atoms. The number of halogens is 1. The first kappa shape index (κ1) is 18.1. The van der Waals surface area contributed by atoms with Crippen molar-refractivity contribution in [3.8, 4) is 0 Å². The van der Waals surface area contributed by atoms with Gasteiger partial charge in [0.25, 0.3) is 5.91 Å². The molecule has 1 atom stereocenters. The summed E-state index contributed by atoms with van der Waals surface area (Å²) in [6.45, 7) is 2.80. The number of hydrogen-bond acceptors (Lipinski definition) is 5. The third-order valence-corrected chi connectivity index (χ3v) is 5.45. The van der Waals surface area contributed by atoms with Crippen LogP contribution in [0.15, 0.2) is 35.6 Å². The number of piperidine rings is 1. The van der Waals surface area contributed by atoms with Crippen LogP contribution in [0.25, 0.3) is 11.0 Å². The fourth-order valence-corrected chi connectivity index (χ4v) is 4.14. The fourth-order valence-electron chi connectivity index (χ4n) is 3.24. The molecule has 134 valence electrons. The van der Waals surface area contributed by atoms with Gasteiger partial charge in [0.05, 0.1) is 10.6 Å². The number of nitrogens with zero attached hydrogens (tertiary/aromatic N) is 2. The molecule has 3 N–H and O–H groups in total.